The normalized spacial score (nSPS) is 18.2. The van der Waals surface area contributed by atoms with Crippen molar-refractivity contribution in [2.75, 3.05) is 19.7 Å². The maximum atomic E-state index is 13.0. The van der Waals surface area contributed by atoms with Crippen molar-refractivity contribution in [3.05, 3.63) is 41.7 Å². The second-order valence-corrected chi connectivity index (χ2v) is 6.38. The monoisotopic (exact) mass is 341 g/mol. The molecule has 0 saturated carbocycles. The van der Waals surface area contributed by atoms with Gasteiger partial charge in [0.2, 0.25) is 11.8 Å². The third-order valence-corrected chi connectivity index (χ3v) is 4.29. The number of rotatable bonds is 3. The number of aromatic amines is 1. The topological polar surface area (TPSA) is 97.1 Å². The Morgan fingerprint density at radius 1 is 1.36 bits per heavy atom. The molecule has 1 aliphatic heterocycles. The van der Waals surface area contributed by atoms with Crippen molar-refractivity contribution in [1.82, 2.24) is 25.3 Å². The Balaban J connectivity index is 1.56. The van der Waals surface area contributed by atoms with E-state index in [-0.39, 0.29) is 11.8 Å². The molecule has 8 heteroatoms. The number of H-pyrrole nitrogens is 1. The molecule has 0 spiro atoms. The third-order valence-electron chi connectivity index (χ3n) is 4.29. The average molecular weight is 341 g/mol. The van der Waals surface area contributed by atoms with E-state index in [1.807, 2.05) is 26.0 Å². The molecule has 1 amide bonds. The summed E-state index contributed by atoms with van der Waals surface area (Å²) in [6, 6.07) is 5.58. The van der Waals surface area contributed by atoms with Gasteiger partial charge in [0, 0.05) is 17.8 Å². The smallest absolute Gasteiger partial charge is 0.256 e. The minimum absolute atomic E-state index is 0.0632. The molecule has 1 atom stereocenters. The Bertz CT molecular complexity index is 900. The molecule has 25 heavy (non-hydrogen) atoms. The number of carbonyl (C=O) groups excluding carboxylic acids is 1. The summed E-state index contributed by atoms with van der Waals surface area (Å²) in [5, 5.41) is 15.9. The predicted octanol–water partition coefficient (Wildman–Crippen LogP) is 2.28. The average Bonchev–Trinajstić information content (AvgIpc) is 3.30. The van der Waals surface area contributed by atoms with Crippen molar-refractivity contribution in [1.29, 1.82) is 0 Å². The number of fused-ring (bicyclic) bond motifs is 1. The highest BCUT2D eigenvalue weighted by Gasteiger charge is 2.30. The van der Waals surface area contributed by atoms with Crippen molar-refractivity contribution in [3.63, 3.8) is 0 Å². The van der Waals surface area contributed by atoms with Gasteiger partial charge in [0.1, 0.15) is 0 Å². The zero-order valence-corrected chi connectivity index (χ0v) is 14.1. The fourth-order valence-electron chi connectivity index (χ4n) is 2.91. The van der Waals surface area contributed by atoms with Gasteiger partial charge in [-0.05, 0) is 6.07 Å². The van der Waals surface area contributed by atoms with Crippen LogP contribution in [-0.4, -0.2) is 50.9 Å². The van der Waals surface area contributed by atoms with Crippen LogP contribution in [-0.2, 0) is 4.74 Å². The molecule has 1 aromatic carbocycles. The van der Waals surface area contributed by atoms with Gasteiger partial charge in [-0.2, -0.15) is 5.10 Å². The van der Waals surface area contributed by atoms with Crippen LogP contribution in [0.5, 0.6) is 0 Å². The zero-order chi connectivity index (χ0) is 17.4. The minimum atomic E-state index is -0.404. The van der Waals surface area contributed by atoms with E-state index in [0.717, 1.165) is 10.9 Å². The van der Waals surface area contributed by atoms with E-state index in [9.17, 15) is 4.79 Å². The summed E-state index contributed by atoms with van der Waals surface area (Å²) in [6.45, 7) is 5.29. The maximum Gasteiger partial charge on any atom is 0.256 e. The number of aromatic nitrogens is 4. The first-order valence-electron chi connectivity index (χ1n) is 8.29. The highest BCUT2D eigenvalue weighted by Crippen LogP contribution is 2.25. The molecular weight excluding hydrogens is 322 g/mol. The highest BCUT2D eigenvalue weighted by atomic mass is 16.5. The van der Waals surface area contributed by atoms with Crippen LogP contribution in [0.3, 0.4) is 0 Å². The number of morpholine rings is 1. The standard InChI is InChI=1S/C17H19N5O3/c1-10(2)15-20-21-16(25-15)13-9-22(6-7-24-13)17(23)12-5-3-4-11-8-18-19-14(11)12/h3-5,8,10,13H,6-7,9H2,1-2H3,(H,18,19). The van der Waals surface area contributed by atoms with Crippen molar-refractivity contribution in [2.24, 2.45) is 0 Å². The molecule has 3 aromatic rings. The van der Waals surface area contributed by atoms with Crippen molar-refractivity contribution in [3.8, 4) is 0 Å². The van der Waals surface area contributed by atoms with Gasteiger partial charge in [-0.3, -0.25) is 9.89 Å². The molecule has 1 unspecified atom stereocenters. The number of amides is 1. The summed E-state index contributed by atoms with van der Waals surface area (Å²) in [5.74, 6) is 1.08. The molecule has 2 aromatic heterocycles. The zero-order valence-electron chi connectivity index (χ0n) is 14.1. The summed E-state index contributed by atoms with van der Waals surface area (Å²) in [6.07, 6.45) is 1.30. The van der Waals surface area contributed by atoms with E-state index >= 15 is 0 Å². The fraction of sp³-hybridized carbons (Fsp3) is 0.412. The summed E-state index contributed by atoms with van der Waals surface area (Å²) in [7, 11) is 0. The van der Waals surface area contributed by atoms with Gasteiger partial charge < -0.3 is 14.1 Å². The lowest BCUT2D eigenvalue weighted by atomic mass is 10.1. The Hall–Kier alpha value is -2.74. The largest absolute Gasteiger partial charge is 0.422 e. The molecule has 0 aliphatic carbocycles. The van der Waals surface area contributed by atoms with Crippen LogP contribution < -0.4 is 0 Å². The maximum absolute atomic E-state index is 13.0. The lowest BCUT2D eigenvalue weighted by Crippen LogP contribution is -2.42. The van der Waals surface area contributed by atoms with E-state index in [4.69, 9.17) is 9.15 Å². The van der Waals surface area contributed by atoms with Crippen molar-refractivity contribution in [2.45, 2.75) is 25.9 Å². The van der Waals surface area contributed by atoms with Crippen LogP contribution in [0, 0.1) is 0 Å². The van der Waals surface area contributed by atoms with Crippen LogP contribution in [0.25, 0.3) is 10.9 Å². The molecule has 1 N–H and O–H groups in total. The number of carbonyl (C=O) groups is 1. The Kier molecular flexibility index (Phi) is 3.96. The Morgan fingerprint density at radius 3 is 3.04 bits per heavy atom. The molecule has 130 valence electrons. The number of hydrogen-bond donors (Lipinski definition) is 1. The number of nitrogens with zero attached hydrogens (tertiary/aromatic N) is 4. The number of benzene rings is 1. The van der Waals surface area contributed by atoms with E-state index in [0.29, 0.717) is 37.0 Å². The first-order valence-corrected chi connectivity index (χ1v) is 8.29. The quantitative estimate of drug-likeness (QED) is 0.785. The summed E-state index contributed by atoms with van der Waals surface area (Å²) in [5.41, 5.74) is 1.35. The minimum Gasteiger partial charge on any atom is -0.422 e. The SMILES string of the molecule is CC(C)c1nnc(C2CN(C(=O)c3cccc4cn[nH]c34)CCO2)o1. The number of nitrogens with one attached hydrogen (secondary N) is 1. The molecule has 3 heterocycles. The number of hydrogen-bond acceptors (Lipinski definition) is 6. The molecule has 0 radical (unpaired) electrons. The molecule has 1 saturated heterocycles. The number of para-hydroxylation sites is 1. The van der Waals surface area contributed by atoms with E-state index in [2.05, 4.69) is 20.4 Å². The molecule has 0 bridgehead atoms. The van der Waals surface area contributed by atoms with Gasteiger partial charge in [0.25, 0.3) is 5.91 Å². The molecule has 1 fully saturated rings. The summed E-state index contributed by atoms with van der Waals surface area (Å²) in [4.78, 5) is 14.7. The van der Waals surface area contributed by atoms with Crippen LogP contribution in [0.2, 0.25) is 0 Å². The van der Waals surface area contributed by atoms with Gasteiger partial charge in [0.15, 0.2) is 6.10 Å². The van der Waals surface area contributed by atoms with Gasteiger partial charge in [-0.15, -0.1) is 10.2 Å². The number of ether oxygens (including phenoxy) is 1. The van der Waals surface area contributed by atoms with Gasteiger partial charge >= 0.3 is 0 Å². The first-order chi connectivity index (χ1) is 12.1. The van der Waals surface area contributed by atoms with Gasteiger partial charge in [0.05, 0.1) is 30.4 Å². The van der Waals surface area contributed by atoms with Crippen LogP contribution >= 0.6 is 0 Å². The molecule has 4 rings (SSSR count). The highest BCUT2D eigenvalue weighted by molar-refractivity contribution is 6.05. The van der Waals surface area contributed by atoms with E-state index in [1.165, 1.54) is 0 Å². The van der Waals surface area contributed by atoms with Crippen LogP contribution in [0.4, 0.5) is 0 Å². The summed E-state index contributed by atoms with van der Waals surface area (Å²) < 4.78 is 11.4. The fourth-order valence-corrected chi connectivity index (χ4v) is 2.91. The van der Waals surface area contributed by atoms with E-state index in [1.54, 1.807) is 17.2 Å². The second kappa shape index (κ2) is 6.29. The van der Waals surface area contributed by atoms with Gasteiger partial charge in [-0.25, -0.2) is 0 Å². The third kappa shape index (κ3) is 2.89. The van der Waals surface area contributed by atoms with Crippen LogP contribution in [0.15, 0.2) is 28.8 Å². The molecule has 8 nitrogen and oxygen atoms in total. The van der Waals surface area contributed by atoms with Gasteiger partial charge in [-0.1, -0.05) is 26.0 Å². The van der Waals surface area contributed by atoms with Crippen molar-refractivity contribution < 1.29 is 13.9 Å². The lowest BCUT2D eigenvalue weighted by molar-refractivity contribution is -0.0350. The first kappa shape index (κ1) is 15.8. The van der Waals surface area contributed by atoms with Crippen molar-refractivity contribution >= 4 is 16.8 Å². The lowest BCUT2D eigenvalue weighted by Gasteiger charge is -2.31. The molecular formula is C17H19N5O3. The van der Waals surface area contributed by atoms with Crippen LogP contribution in [0.1, 0.15) is 48.0 Å². The predicted molar refractivity (Wildman–Crippen MR) is 89.1 cm³/mol. The summed E-state index contributed by atoms with van der Waals surface area (Å²) >= 11 is 0. The Morgan fingerprint density at radius 2 is 2.24 bits per heavy atom. The van der Waals surface area contributed by atoms with E-state index < -0.39 is 6.10 Å². The Labute approximate surface area is 144 Å². The second-order valence-electron chi connectivity index (χ2n) is 6.38. The molecule has 1 aliphatic rings.